The Morgan fingerprint density at radius 1 is 1.19 bits per heavy atom. The van der Waals surface area contributed by atoms with E-state index in [1.54, 1.807) is 11.3 Å². The van der Waals surface area contributed by atoms with E-state index in [0.717, 1.165) is 34.4 Å². The summed E-state index contributed by atoms with van der Waals surface area (Å²) >= 11 is 3.14. The third-order valence-corrected chi connectivity index (χ3v) is 4.73. The van der Waals surface area contributed by atoms with E-state index in [2.05, 4.69) is 47.3 Å². The lowest BCUT2D eigenvalue weighted by atomic mass is 10.1. The van der Waals surface area contributed by atoms with E-state index < -0.39 is 0 Å². The standard InChI is InChI=1S/C15H24N4S2/c1-9(2)6-19(7-10(3)4)15-13(14(16)18-21-15)12-8-20-11(5)17-12/h8-10H,6-7H2,1-5H3,(H2,16,18). The predicted octanol–water partition coefficient (Wildman–Crippen LogP) is 4.28. The summed E-state index contributed by atoms with van der Waals surface area (Å²) in [6, 6.07) is 0. The van der Waals surface area contributed by atoms with Crippen molar-refractivity contribution in [3.63, 3.8) is 0 Å². The second-order valence-electron chi connectivity index (χ2n) is 6.19. The number of nitrogens with two attached hydrogens (primary N) is 1. The molecule has 0 aliphatic heterocycles. The number of nitrogens with zero attached hydrogens (tertiary/aromatic N) is 3. The van der Waals surface area contributed by atoms with Gasteiger partial charge in [0, 0.05) is 18.5 Å². The fraction of sp³-hybridized carbons (Fsp3) is 0.600. The van der Waals surface area contributed by atoms with Gasteiger partial charge in [-0.3, -0.25) is 0 Å². The van der Waals surface area contributed by atoms with E-state index in [-0.39, 0.29) is 0 Å². The Balaban J connectivity index is 2.41. The van der Waals surface area contributed by atoms with Gasteiger partial charge in [-0.1, -0.05) is 27.7 Å². The van der Waals surface area contributed by atoms with Crippen molar-refractivity contribution in [1.29, 1.82) is 0 Å². The quantitative estimate of drug-likeness (QED) is 0.862. The largest absolute Gasteiger partial charge is 0.382 e. The summed E-state index contributed by atoms with van der Waals surface area (Å²) in [5, 5.41) is 4.28. The van der Waals surface area contributed by atoms with E-state index in [4.69, 9.17) is 5.73 Å². The summed E-state index contributed by atoms with van der Waals surface area (Å²) in [7, 11) is 0. The molecule has 116 valence electrons. The van der Waals surface area contributed by atoms with Gasteiger partial charge in [-0.15, -0.1) is 11.3 Å². The summed E-state index contributed by atoms with van der Waals surface area (Å²) in [6.07, 6.45) is 0. The molecule has 2 heterocycles. The van der Waals surface area contributed by atoms with Gasteiger partial charge < -0.3 is 10.6 Å². The average Bonchev–Trinajstić information content (AvgIpc) is 2.93. The van der Waals surface area contributed by atoms with Gasteiger partial charge >= 0.3 is 0 Å². The lowest BCUT2D eigenvalue weighted by Gasteiger charge is -2.27. The summed E-state index contributed by atoms with van der Waals surface area (Å²) in [4.78, 5) is 7.00. The smallest absolute Gasteiger partial charge is 0.148 e. The molecule has 2 aromatic rings. The van der Waals surface area contributed by atoms with E-state index >= 15 is 0 Å². The second-order valence-corrected chi connectivity index (χ2v) is 8.01. The van der Waals surface area contributed by atoms with Crippen LogP contribution in [-0.4, -0.2) is 22.4 Å². The van der Waals surface area contributed by atoms with Crippen LogP contribution >= 0.6 is 22.9 Å². The fourth-order valence-electron chi connectivity index (χ4n) is 2.35. The molecule has 0 spiro atoms. The molecule has 0 saturated carbocycles. The minimum absolute atomic E-state index is 0.595. The number of nitrogen functional groups attached to an aromatic ring is 1. The van der Waals surface area contributed by atoms with Crippen LogP contribution in [0, 0.1) is 18.8 Å². The van der Waals surface area contributed by atoms with Crippen LogP contribution in [0.15, 0.2) is 5.38 Å². The molecule has 0 saturated heterocycles. The molecule has 0 bridgehead atoms. The van der Waals surface area contributed by atoms with E-state index in [1.165, 1.54) is 11.5 Å². The first-order chi connectivity index (χ1) is 9.88. The van der Waals surface area contributed by atoms with Crippen LogP contribution < -0.4 is 10.6 Å². The van der Waals surface area contributed by atoms with Crippen molar-refractivity contribution >= 4 is 33.7 Å². The van der Waals surface area contributed by atoms with Crippen LogP contribution in [0.4, 0.5) is 10.8 Å². The van der Waals surface area contributed by atoms with Crippen LogP contribution in [-0.2, 0) is 0 Å². The zero-order chi connectivity index (χ0) is 15.6. The van der Waals surface area contributed by atoms with Gasteiger partial charge in [0.1, 0.15) is 10.8 Å². The van der Waals surface area contributed by atoms with Gasteiger partial charge in [-0.25, -0.2) is 4.98 Å². The molecule has 2 aromatic heterocycles. The molecular formula is C15H24N4S2. The number of aryl methyl sites for hydroxylation is 1. The SMILES string of the molecule is Cc1nc(-c2c(N)nsc2N(CC(C)C)CC(C)C)cs1. The molecule has 2 N–H and O–H groups in total. The van der Waals surface area contributed by atoms with Gasteiger partial charge in [0.15, 0.2) is 0 Å². The monoisotopic (exact) mass is 324 g/mol. The molecule has 6 heteroatoms. The molecule has 0 atom stereocenters. The topological polar surface area (TPSA) is 55.0 Å². The third-order valence-electron chi connectivity index (χ3n) is 3.03. The maximum absolute atomic E-state index is 6.12. The Bertz CT molecular complexity index is 576. The highest BCUT2D eigenvalue weighted by atomic mass is 32.1. The zero-order valence-electron chi connectivity index (χ0n) is 13.4. The van der Waals surface area contributed by atoms with Gasteiger partial charge in [0.25, 0.3) is 0 Å². The number of aromatic nitrogens is 2. The molecule has 0 radical (unpaired) electrons. The Morgan fingerprint density at radius 3 is 2.29 bits per heavy atom. The molecule has 0 unspecified atom stereocenters. The fourth-order valence-corrected chi connectivity index (χ4v) is 3.79. The van der Waals surface area contributed by atoms with Crippen molar-refractivity contribution < 1.29 is 0 Å². The van der Waals surface area contributed by atoms with Crippen molar-refractivity contribution in [2.75, 3.05) is 23.7 Å². The summed E-state index contributed by atoms with van der Waals surface area (Å²) < 4.78 is 4.38. The average molecular weight is 325 g/mol. The molecule has 0 amide bonds. The third kappa shape index (κ3) is 3.95. The van der Waals surface area contributed by atoms with Gasteiger partial charge in [0.2, 0.25) is 0 Å². The van der Waals surface area contributed by atoms with Crippen LogP contribution in [0.25, 0.3) is 11.3 Å². The number of hydrogen-bond acceptors (Lipinski definition) is 6. The van der Waals surface area contributed by atoms with Crippen molar-refractivity contribution in [1.82, 2.24) is 9.36 Å². The maximum atomic E-state index is 6.12. The Labute approximate surface area is 135 Å². The minimum Gasteiger partial charge on any atom is -0.382 e. The number of rotatable bonds is 6. The molecule has 0 aliphatic carbocycles. The molecule has 2 rings (SSSR count). The first-order valence-corrected chi connectivity index (χ1v) is 8.96. The highest BCUT2D eigenvalue weighted by molar-refractivity contribution is 7.11. The Hall–Kier alpha value is -1.14. The number of anilines is 2. The van der Waals surface area contributed by atoms with Crippen molar-refractivity contribution in [2.45, 2.75) is 34.6 Å². The normalized spacial score (nSPS) is 11.6. The first-order valence-electron chi connectivity index (χ1n) is 7.31. The molecule has 0 aliphatic rings. The van der Waals surface area contributed by atoms with Crippen molar-refractivity contribution in [3.05, 3.63) is 10.4 Å². The summed E-state index contributed by atoms with van der Waals surface area (Å²) in [6.45, 7) is 13.0. The molecule has 4 nitrogen and oxygen atoms in total. The van der Waals surface area contributed by atoms with Gasteiger partial charge in [0.05, 0.1) is 16.3 Å². The maximum Gasteiger partial charge on any atom is 0.148 e. The van der Waals surface area contributed by atoms with Gasteiger partial charge in [-0.2, -0.15) is 4.37 Å². The highest BCUT2D eigenvalue weighted by Gasteiger charge is 2.22. The summed E-state index contributed by atoms with van der Waals surface area (Å²) in [5.74, 6) is 1.78. The lowest BCUT2D eigenvalue weighted by molar-refractivity contribution is 0.555. The van der Waals surface area contributed by atoms with Crippen molar-refractivity contribution in [2.24, 2.45) is 11.8 Å². The van der Waals surface area contributed by atoms with Crippen LogP contribution in [0.2, 0.25) is 0 Å². The van der Waals surface area contributed by atoms with E-state index in [1.807, 2.05) is 6.92 Å². The molecular weight excluding hydrogens is 300 g/mol. The molecule has 0 aromatic carbocycles. The second kappa shape index (κ2) is 6.75. The van der Waals surface area contributed by atoms with Crippen LogP contribution in [0.1, 0.15) is 32.7 Å². The van der Waals surface area contributed by atoms with E-state index in [9.17, 15) is 0 Å². The van der Waals surface area contributed by atoms with Crippen molar-refractivity contribution in [3.8, 4) is 11.3 Å². The number of hydrogen-bond donors (Lipinski definition) is 1. The minimum atomic E-state index is 0.595. The Kier molecular flexibility index (Phi) is 5.22. The van der Waals surface area contributed by atoms with Gasteiger partial charge in [-0.05, 0) is 30.3 Å². The molecule has 0 fully saturated rings. The highest BCUT2D eigenvalue weighted by Crippen LogP contribution is 2.40. The first kappa shape index (κ1) is 16.2. The zero-order valence-corrected chi connectivity index (χ0v) is 15.0. The Morgan fingerprint density at radius 2 is 1.81 bits per heavy atom. The predicted molar refractivity (Wildman–Crippen MR) is 94.3 cm³/mol. The van der Waals surface area contributed by atoms with Crippen LogP contribution in [0.3, 0.4) is 0 Å². The molecule has 21 heavy (non-hydrogen) atoms. The number of thiazole rings is 1. The lowest BCUT2D eigenvalue weighted by Crippen LogP contribution is -2.31. The van der Waals surface area contributed by atoms with E-state index in [0.29, 0.717) is 17.7 Å². The van der Waals surface area contributed by atoms with Crippen LogP contribution in [0.5, 0.6) is 0 Å². The summed E-state index contributed by atoms with van der Waals surface area (Å²) in [5.41, 5.74) is 8.08.